The van der Waals surface area contributed by atoms with Crippen LogP contribution in [0.3, 0.4) is 0 Å². The number of nitrogens with one attached hydrogen (secondary N) is 1. The highest BCUT2D eigenvalue weighted by Crippen LogP contribution is 2.24. The molecule has 0 spiro atoms. The minimum atomic E-state index is -0.146. The summed E-state index contributed by atoms with van der Waals surface area (Å²) in [6.45, 7) is 2.76. The maximum atomic E-state index is 13.8. The minimum Gasteiger partial charge on any atom is -0.319 e. The molecule has 0 fully saturated rings. The van der Waals surface area contributed by atoms with Gasteiger partial charge in [-0.15, -0.1) is 0 Å². The molecule has 0 bridgehead atoms. The van der Waals surface area contributed by atoms with E-state index in [-0.39, 0.29) is 11.7 Å². The maximum absolute atomic E-state index is 13.8. The number of rotatable bonds is 6. The van der Waals surface area contributed by atoms with Crippen LogP contribution in [0.15, 0.2) is 24.3 Å². The second-order valence-corrected chi connectivity index (χ2v) is 5.76. The molecule has 1 aromatic carbocycles. The molecule has 114 valence electrons. The Labute approximate surface area is 130 Å². The summed E-state index contributed by atoms with van der Waals surface area (Å²) in [6, 6.07) is 6.94. The standard InChI is InChI=1S/C16H21ClFN3/c1-11-14(16(17)21(3)20-11)9-12(10-19-2)8-13-6-4-5-7-15(13)18/h4-7,12,19H,8-10H2,1-3H3. The number of hydrogen-bond acceptors (Lipinski definition) is 2. The highest BCUT2D eigenvalue weighted by Gasteiger charge is 2.18. The van der Waals surface area contributed by atoms with Gasteiger partial charge in [-0.05, 0) is 50.9 Å². The molecule has 0 aliphatic carbocycles. The average molecular weight is 310 g/mol. The van der Waals surface area contributed by atoms with Gasteiger partial charge in [0.1, 0.15) is 11.0 Å². The Morgan fingerprint density at radius 1 is 1.33 bits per heavy atom. The highest BCUT2D eigenvalue weighted by atomic mass is 35.5. The number of nitrogens with zero attached hydrogens (tertiary/aromatic N) is 2. The van der Waals surface area contributed by atoms with Crippen LogP contribution in [-0.4, -0.2) is 23.4 Å². The van der Waals surface area contributed by atoms with Crippen LogP contribution in [0.2, 0.25) is 5.15 Å². The fourth-order valence-corrected chi connectivity index (χ4v) is 2.93. The molecule has 0 saturated carbocycles. The third kappa shape index (κ3) is 3.83. The van der Waals surface area contributed by atoms with E-state index in [1.165, 1.54) is 6.07 Å². The Kier molecular flexibility index (Phi) is 5.37. The van der Waals surface area contributed by atoms with Crippen LogP contribution in [0.25, 0.3) is 0 Å². The summed E-state index contributed by atoms with van der Waals surface area (Å²) < 4.78 is 15.5. The lowest BCUT2D eigenvalue weighted by Crippen LogP contribution is -2.23. The van der Waals surface area contributed by atoms with Crippen LogP contribution in [0, 0.1) is 18.7 Å². The van der Waals surface area contributed by atoms with Crippen LogP contribution >= 0.6 is 11.6 Å². The first-order valence-electron chi connectivity index (χ1n) is 7.09. The van der Waals surface area contributed by atoms with Gasteiger partial charge in [0.2, 0.25) is 0 Å². The number of halogens is 2. The maximum Gasteiger partial charge on any atom is 0.130 e. The smallest absolute Gasteiger partial charge is 0.130 e. The van der Waals surface area contributed by atoms with Crippen molar-refractivity contribution >= 4 is 11.6 Å². The fourth-order valence-electron chi connectivity index (χ4n) is 2.67. The molecule has 0 aliphatic rings. The quantitative estimate of drug-likeness (QED) is 0.888. The lowest BCUT2D eigenvalue weighted by molar-refractivity contribution is 0.479. The first kappa shape index (κ1) is 16.0. The Bertz CT molecular complexity index is 610. The molecule has 0 amide bonds. The SMILES string of the molecule is CNCC(Cc1ccccc1F)Cc1c(C)nn(C)c1Cl. The number of hydrogen-bond donors (Lipinski definition) is 1. The summed E-state index contributed by atoms with van der Waals surface area (Å²) in [4.78, 5) is 0. The molecular formula is C16H21ClFN3. The van der Waals surface area contributed by atoms with E-state index >= 15 is 0 Å². The summed E-state index contributed by atoms with van der Waals surface area (Å²) in [5, 5.41) is 8.19. The molecule has 1 aromatic heterocycles. The topological polar surface area (TPSA) is 29.9 Å². The summed E-state index contributed by atoms with van der Waals surface area (Å²) in [5.74, 6) is 0.125. The molecule has 21 heavy (non-hydrogen) atoms. The van der Waals surface area contributed by atoms with Gasteiger partial charge in [0.05, 0.1) is 5.69 Å². The van der Waals surface area contributed by atoms with E-state index in [1.54, 1.807) is 10.7 Å². The van der Waals surface area contributed by atoms with Gasteiger partial charge in [0, 0.05) is 12.6 Å². The lowest BCUT2D eigenvalue weighted by atomic mass is 9.92. The zero-order valence-corrected chi connectivity index (χ0v) is 13.4. The van der Waals surface area contributed by atoms with Gasteiger partial charge < -0.3 is 5.32 Å². The van der Waals surface area contributed by atoms with E-state index in [0.717, 1.165) is 29.8 Å². The fraction of sp³-hybridized carbons (Fsp3) is 0.438. The van der Waals surface area contributed by atoms with Gasteiger partial charge in [-0.1, -0.05) is 29.8 Å². The Morgan fingerprint density at radius 3 is 2.62 bits per heavy atom. The van der Waals surface area contributed by atoms with Gasteiger partial charge in [-0.3, -0.25) is 4.68 Å². The zero-order valence-electron chi connectivity index (χ0n) is 12.7. The monoisotopic (exact) mass is 309 g/mol. The van der Waals surface area contributed by atoms with Crippen molar-refractivity contribution in [1.29, 1.82) is 0 Å². The summed E-state index contributed by atoms with van der Waals surface area (Å²) >= 11 is 6.30. The van der Waals surface area contributed by atoms with Gasteiger partial charge in [-0.2, -0.15) is 5.10 Å². The average Bonchev–Trinajstić information content (AvgIpc) is 2.68. The van der Waals surface area contributed by atoms with Gasteiger partial charge in [-0.25, -0.2) is 4.39 Å². The van der Waals surface area contributed by atoms with Crippen LogP contribution in [0.5, 0.6) is 0 Å². The van der Waals surface area contributed by atoms with Gasteiger partial charge >= 0.3 is 0 Å². The van der Waals surface area contributed by atoms with Crippen LogP contribution in [0.4, 0.5) is 4.39 Å². The zero-order chi connectivity index (χ0) is 15.4. The molecule has 1 heterocycles. The van der Waals surface area contributed by atoms with Crippen molar-refractivity contribution in [2.24, 2.45) is 13.0 Å². The molecule has 1 N–H and O–H groups in total. The van der Waals surface area contributed by atoms with Crippen molar-refractivity contribution in [2.75, 3.05) is 13.6 Å². The van der Waals surface area contributed by atoms with E-state index in [2.05, 4.69) is 10.4 Å². The van der Waals surface area contributed by atoms with Crippen molar-refractivity contribution in [3.8, 4) is 0 Å². The molecule has 5 heteroatoms. The highest BCUT2D eigenvalue weighted by molar-refractivity contribution is 6.30. The number of aromatic nitrogens is 2. The molecule has 0 saturated heterocycles. The predicted octanol–water partition coefficient (Wildman–Crippen LogP) is 3.14. The summed E-state index contributed by atoms with van der Waals surface area (Å²) in [7, 11) is 3.74. The first-order chi connectivity index (χ1) is 10.0. The van der Waals surface area contributed by atoms with Crippen molar-refractivity contribution < 1.29 is 4.39 Å². The van der Waals surface area contributed by atoms with E-state index in [1.807, 2.05) is 33.2 Å². The van der Waals surface area contributed by atoms with Crippen LogP contribution in [-0.2, 0) is 19.9 Å². The Morgan fingerprint density at radius 2 is 2.05 bits per heavy atom. The molecule has 0 aliphatic heterocycles. The van der Waals surface area contributed by atoms with Crippen molar-refractivity contribution in [3.05, 3.63) is 52.1 Å². The normalized spacial score (nSPS) is 12.6. The lowest BCUT2D eigenvalue weighted by Gasteiger charge is -2.17. The minimum absolute atomic E-state index is 0.146. The van der Waals surface area contributed by atoms with Crippen molar-refractivity contribution in [3.63, 3.8) is 0 Å². The number of aryl methyl sites for hydroxylation is 2. The first-order valence-corrected chi connectivity index (χ1v) is 7.46. The number of benzene rings is 1. The van der Waals surface area contributed by atoms with Gasteiger partial charge in [0.15, 0.2) is 0 Å². The van der Waals surface area contributed by atoms with E-state index in [9.17, 15) is 4.39 Å². The van der Waals surface area contributed by atoms with E-state index < -0.39 is 0 Å². The molecular weight excluding hydrogens is 289 g/mol. The molecule has 2 aromatic rings. The molecule has 1 atom stereocenters. The third-order valence-corrected chi connectivity index (χ3v) is 4.19. The van der Waals surface area contributed by atoms with Crippen LogP contribution in [0.1, 0.15) is 16.8 Å². The molecule has 2 rings (SSSR count). The van der Waals surface area contributed by atoms with Gasteiger partial charge in [0.25, 0.3) is 0 Å². The Hall–Kier alpha value is -1.39. The van der Waals surface area contributed by atoms with E-state index in [4.69, 9.17) is 11.6 Å². The Balaban J connectivity index is 2.18. The molecule has 1 unspecified atom stereocenters. The molecule has 0 radical (unpaired) electrons. The van der Waals surface area contributed by atoms with E-state index in [0.29, 0.717) is 11.6 Å². The summed E-state index contributed by atoms with van der Waals surface area (Å²) in [6.07, 6.45) is 1.46. The van der Waals surface area contributed by atoms with Crippen molar-refractivity contribution in [2.45, 2.75) is 19.8 Å². The van der Waals surface area contributed by atoms with Crippen molar-refractivity contribution in [1.82, 2.24) is 15.1 Å². The third-order valence-electron chi connectivity index (χ3n) is 3.72. The summed E-state index contributed by atoms with van der Waals surface area (Å²) in [5.41, 5.74) is 2.74. The largest absolute Gasteiger partial charge is 0.319 e. The molecule has 3 nitrogen and oxygen atoms in total. The van der Waals surface area contributed by atoms with Crippen LogP contribution < -0.4 is 5.32 Å². The second-order valence-electron chi connectivity index (χ2n) is 5.40. The second kappa shape index (κ2) is 7.05. The predicted molar refractivity (Wildman–Crippen MR) is 84.2 cm³/mol.